The fourth-order valence-electron chi connectivity index (χ4n) is 2.24. The van der Waals surface area contributed by atoms with Crippen LogP contribution in [0.4, 0.5) is 5.69 Å². The largest absolute Gasteiger partial charge is 0.481 e. The van der Waals surface area contributed by atoms with E-state index in [1.54, 1.807) is 37.4 Å². The fraction of sp³-hybridized carbons (Fsp3) is 0.111. The van der Waals surface area contributed by atoms with Crippen LogP contribution in [-0.2, 0) is 4.79 Å². The van der Waals surface area contributed by atoms with E-state index in [-0.39, 0.29) is 5.91 Å². The highest BCUT2D eigenvalue weighted by Crippen LogP contribution is 2.22. The van der Waals surface area contributed by atoms with Crippen LogP contribution in [0, 0.1) is 0 Å². The Morgan fingerprint density at radius 2 is 1.96 bits per heavy atom. The van der Waals surface area contributed by atoms with Crippen molar-refractivity contribution in [1.82, 2.24) is 4.98 Å². The lowest BCUT2D eigenvalue weighted by Gasteiger charge is -2.15. The molecule has 1 heterocycles. The lowest BCUT2D eigenvalue weighted by molar-refractivity contribution is -0.122. The van der Waals surface area contributed by atoms with Gasteiger partial charge in [-0.2, -0.15) is 0 Å². The first-order valence-electron chi connectivity index (χ1n) is 7.20. The number of aromatic nitrogens is 1. The summed E-state index contributed by atoms with van der Waals surface area (Å²) in [6.45, 7) is 1.69. The number of amides is 1. The third-order valence-corrected chi connectivity index (χ3v) is 3.60. The van der Waals surface area contributed by atoms with E-state index in [1.165, 1.54) is 0 Å². The van der Waals surface area contributed by atoms with Crippen molar-refractivity contribution < 1.29 is 9.53 Å². The molecule has 1 N–H and O–H groups in total. The summed E-state index contributed by atoms with van der Waals surface area (Å²) in [6.07, 6.45) is 1.04. The van der Waals surface area contributed by atoms with Crippen molar-refractivity contribution in [3.05, 3.63) is 65.8 Å². The zero-order valence-corrected chi connectivity index (χ0v) is 13.2. The molecule has 3 aromatic rings. The topological polar surface area (TPSA) is 51.2 Å². The van der Waals surface area contributed by atoms with Crippen LogP contribution in [0.3, 0.4) is 0 Å². The number of rotatable bonds is 4. The molecule has 5 heteroatoms. The number of anilines is 1. The van der Waals surface area contributed by atoms with Crippen LogP contribution in [0.25, 0.3) is 10.9 Å². The van der Waals surface area contributed by atoms with Gasteiger partial charge in [-0.3, -0.25) is 9.78 Å². The van der Waals surface area contributed by atoms with Crippen LogP contribution in [-0.4, -0.2) is 17.0 Å². The molecule has 0 fully saturated rings. The molecule has 0 saturated heterocycles. The molecule has 0 aliphatic rings. The quantitative estimate of drug-likeness (QED) is 0.778. The second-order valence-corrected chi connectivity index (χ2v) is 5.52. The number of hydrogen-bond acceptors (Lipinski definition) is 3. The molecule has 0 bridgehead atoms. The van der Waals surface area contributed by atoms with Crippen LogP contribution in [0.2, 0.25) is 5.02 Å². The number of hydrogen-bond donors (Lipinski definition) is 1. The smallest absolute Gasteiger partial charge is 0.265 e. The molecule has 1 atom stereocenters. The van der Waals surface area contributed by atoms with Gasteiger partial charge >= 0.3 is 0 Å². The van der Waals surface area contributed by atoms with Gasteiger partial charge in [-0.1, -0.05) is 35.9 Å². The maximum Gasteiger partial charge on any atom is 0.265 e. The number of benzene rings is 2. The number of carbonyl (C=O) groups is 1. The summed E-state index contributed by atoms with van der Waals surface area (Å²) in [5.74, 6) is 0.305. The van der Waals surface area contributed by atoms with Crippen LogP contribution < -0.4 is 10.1 Å². The van der Waals surface area contributed by atoms with Crippen molar-refractivity contribution in [3.63, 3.8) is 0 Å². The van der Waals surface area contributed by atoms with Gasteiger partial charge < -0.3 is 10.1 Å². The minimum Gasteiger partial charge on any atom is -0.481 e. The van der Waals surface area contributed by atoms with Gasteiger partial charge in [0, 0.05) is 16.6 Å². The highest BCUT2D eigenvalue weighted by Gasteiger charge is 2.16. The van der Waals surface area contributed by atoms with Gasteiger partial charge in [0.15, 0.2) is 6.10 Å². The van der Waals surface area contributed by atoms with Crippen molar-refractivity contribution in [3.8, 4) is 5.75 Å². The molecule has 0 aliphatic heterocycles. The summed E-state index contributed by atoms with van der Waals surface area (Å²) in [4.78, 5) is 16.7. The SMILES string of the molecule is C[C@@H](Oc1cccc(Cl)c1)C(=O)Nc1cccc2cccnc12. The highest BCUT2D eigenvalue weighted by atomic mass is 35.5. The first-order chi connectivity index (χ1) is 11.1. The summed E-state index contributed by atoms with van der Waals surface area (Å²) in [5, 5.41) is 4.39. The average molecular weight is 327 g/mol. The fourth-order valence-corrected chi connectivity index (χ4v) is 2.42. The summed E-state index contributed by atoms with van der Waals surface area (Å²) in [5.41, 5.74) is 1.41. The van der Waals surface area contributed by atoms with Gasteiger partial charge in [0.05, 0.1) is 11.2 Å². The average Bonchev–Trinajstić information content (AvgIpc) is 2.55. The standard InChI is InChI=1S/C18H15ClN2O2/c1-12(23-15-8-3-7-14(19)11-15)18(22)21-16-9-2-5-13-6-4-10-20-17(13)16/h2-12H,1H3,(H,21,22)/t12-/m1/s1. The number of fused-ring (bicyclic) bond motifs is 1. The van der Waals surface area contributed by atoms with Crippen LogP contribution in [0.5, 0.6) is 5.75 Å². The molecule has 1 aromatic heterocycles. The Hall–Kier alpha value is -2.59. The molecule has 0 saturated carbocycles. The molecule has 23 heavy (non-hydrogen) atoms. The monoisotopic (exact) mass is 326 g/mol. The molecule has 0 aliphatic carbocycles. The zero-order valence-electron chi connectivity index (χ0n) is 12.5. The minimum absolute atomic E-state index is 0.247. The number of ether oxygens (including phenoxy) is 1. The Kier molecular flexibility index (Phi) is 4.44. The van der Waals surface area contributed by atoms with Gasteiger partial charge in [0.25, 0.3) is 5.91 Å². The molecule has 0 unspecified atom stereocenters. The van der Waals surface area contributed by atoms with Crippen molar-refractivity contribution in [2.24, 2.45) is 0 Å². The lowest BCUT2D eigenvalue weighted by atomic mass is 10.2. The maximum atomic E-state index is 12.3. The molecule has 0 spiro atoms. The number of nitrogens with zero attached hydrogens (tertiary/aromatic N) is 1. The van der Waals surface area contributed by atoms with E-state index >= 15 is 0 Å². The van der Waals surface area contributed by atoms with Gasteiger partial charge in [-0.15, -0.1) is 0 Å². The van der Waals surface area contributed by atoms with Crippen LogP contribution in [0.15, 0.2) is 60.8 Å². The van der Waals surface area contributed by atoms with Crippen molar-refractivity contribution >= 4 is 34.1 Å². The first kappa shape index (κ1) is 15.3. The summed E-state index contributed by atoms with van der Waals surface area (Å²) in [7, 11) is 0. The predicted molar refractivity (Wildman–Crippen MR) is 91.9 cm³/mol. The summed E-state index contributed by atoms with van der Waals surface area (Å²) >= 11 is 5.91. The lowest BCUT2D eigenvalue weighted by Crippen LogP contribution is -2.30. The van der Waals surface area contributed by atoms with E-state index in [2.05, 4.69) is 10.3 Å². The van der Waals surface area contributed by atoms with E-state index in [0.717, 1.165) is 10.9 Å². The van der Waals surface area contributed by atoms with E-state index in [4.69, 9.17) is 16.3 Å². The number of pyridine rings is 1. The van der Waals surface area contributed by atoms with Gasteiger partial charge in [-0.25, -0.2) is 0 Å². The Balaban J connectivity index is 1.75. The van der Waals surface area contributed by atoms with Crippen molar-refractivity contribution in [1.29, 1.82) is 0 Å². The van der Waals surface area contributed by atoms with Crippen molar-refractivity contribution in [2.45, 2.75) is 13.0 Å². The summed E-state index contributed by atoms with van der Waals surface area (Å²) < 4.78 is 5.62. The predicted octanol–water partition coefficient (Wildman–Crippen LogP) is 4.29. The number of nitrogens with one attached hydrogen (secondary N) is 1. The number of halogens is 1. The molecule has 1 amide bonds. The van der Waals surface area contributed by atoms with Crippen molar-refractivity contribution in [2.75, 3.05) is 5.32 Å². The second kappa shape index (κ2) is 6.67. The Labute approximate surface area is 139 Å². The number of para-hydroxylation sites is 1. The van der Waals surface area contributed by atoms with Gasteiger partial charge in [0.2, 0.25) is 0 Å². The Morgan fingerprint density at radius 1 is 1.17 bits per heavy atom. The maximum absolute atomic E-state index is 12.3. The Bertz CT molecular complexity index is 846. The minimum atomic E-state index is -0.660. The van der Waals surface area contributed by atoms with Crippen LogP contribution >= 0.6 is 11.6 Å². The summed E-state index contributed by atoms with van der Waals surface area (Å²) in [6, 6.07) is 16.4. The molecule has 4 nitrogen and oxygen atoms in total. The molecular formula is C18H15ClN2O2. The highest BCUT2D eigenvalue weighted by molar-refractivity contribution is 6.30. The van der Waals surface area contributed by atoms with E-state index in [0.29, 0.717) is 16.5 Å². The van der Waals surface area contributed by atoms with E-state index in [9.17, 15) is 4.79 Å². The van der Waals surface area contributed by atoms with E-state index in [1.807, 2.05) is 30.3 Å². The zero-order chi connectivity index (χ0) is 16.2. The molecule has 3 rings (SSSR count). The van der Waals surface area contributed by atoms with Gasteiger partial charge in [0.1, 0.15) is 5.75 Å². The van der Waals surface area contributed by atoms with Gasteiger partial charge in [-0.05, 0) is 37.3 Å². The first-order valence-corrected chi connectivity index (χ1v) is 7.58. The normalized spacial score (nSPS) is 11.9. The number of carbonyl (C=O) groups excluding carboxylic acids is 1. The third-order valence-electron chi connectivity index (χ3n) is 3.37. The third kappa shape index (κ3) is 3.60. The molecule has 0 radical (unpaired) electrons. The molecule has 116 valence electrons. The molecule has 2 aromatic carbocycles. The van der Waals surface area contributed by atoms with E-state index < -0.39 is 6.10 Å². The Morgan fingerprint density at radius 3 is 2.78 bits per heavy atom. The second-order valence-electron chi connectivity index (χ2n) is 5.09. The van der Waals surface area contributed by atoms with Crippen LogP contribution in [0.1, 0.15) is 6.92 Å². The molecular weight excluding hydrogens is 312 g/mol.